The summed E-state index contributed by atoms with van der Waals surface area (Å²) in [6, 6.07) is 4.41. The average Bonchev–Trinajstić information content (AvgIpc) is 3.11. The summed E-state index contributed by atoms with van der Waals surface area (Å²) in [5.41, 5.74) is 5.93. The van der Waals surface area contributed by atoms with Crippen molar-refractivity contribution in [1.29, 1.82) is 0 Å². The van der Waals surface area contributed by atoms with Gasteiger partial charge in [0.25, 0.3) is 0 Å². The van der Waals surface area contributed by atoms with Gasteiger partial charge in [0.1, 0.15) is 5.82 Å². The van der Waals surface area contributed by atoms with Crippen LogP contribution < -0.4 is 11.1 Å². The normalized spacial score (nSPS) is 16.6. The van der Waals surface area contributed by atoms with E-state index in [0.717, 1.165) is 22.9 Å². The van der Waals surface area contributed by atoms with Crippen LogP contribution in [0.5, 0.6) is 0 Å². The van der Waals surface area contributed by atoms with Gasteiger partial charge in [-0.15, -0.1) is 0 Å². The SMILES string of the molecule is NCC1(C(=O)NCc2cc(F)ccc2Br)CC1. The number of amides is 1. The van der Waals surface area contributed by atoms with Gasteiger partial charge in [0, 0.05) is 17.6 Å². The Balaban J connectivity index is 1.98. The van der Waals surface area contributed by atoms with Crippen molar-refractivity contribution >= 4 is 21.8 Å². The molecule has 0 spiro atoms. The number of carbonyl (C=O) groups is 1. The van der Waals surface area contributed by atoms with Crippen molar-refractivity contribution in [1.82, 2.24) is 5.32 Å². The molecule has 0 radical (unpaired) electrons. The lowest BCUT2D eigenvalue weighted by Gasteiger charge is -2.13. The Kier molecular flexibility index (Phi) is 3.49. The van der Waals surface area contributed by atoms with Gasteiger partial charge in [-0.05, 0) is 36.6 Å². The molecule has 1 amide bonds. The molecular weight excluding hydrogens is 287 g/mol. The van der Waals surface area contributed by atoms with Gasteiger partial charge in [-0.1, -0.05) is 15.9 Å². The monoisotopic (exact) mass is 300 g/mol. The third kappa shape index (κ3) is 2.66. The van der Waals surface area contributed by atoms with Gasteiger partial charge in [-0.25, -0.2) is 4.39 Å². The number of nitrogens with one attached hydrogen (secondary N) is 1. The maximum Gasteiger partial charge on any atom is 0.227 e. The van der Waals surface area contributed by atoms with E-state index < -0.39 is 0 Å². The van der Waals surface area contributed by atoms with E-state index in [-0.39, 0.29) is 17.1 Å². The smallest absolute Gasteiger partial charge is 0.227 e. The molecule has 17 heavy (non-hydrogen) atoms. The molecular formula is C12H14BrFN2O. The Morgan fingerprint density at radius 1 is 1.53 bits per heavy atom. The highest BCUT2D eigenvalue weighted by Crippen LogP contribution is 2.44. The van der Waals surface area contributed by atoms with E-state index in [1.165, 1.54) is 12.1 Å². The molecule has 0 saturated heterocycles. The van der Waals surface area contributed by atoms with E-state index in [9.17, 15) is 9.18 Å². The van der Waals surface area contributed by atoms with Gasteiger partial charge < -0.3 is 11.1 Å². The Bertz CT molecular complexity index is 446. The minimum absolute atomic E-state index is 0.0313. The average molecular weight is 301 g/mol. The molecule has 0 unspecified atom stereocenters. The second-order valence-electron chi connectivity index (χ2n) is 4.40. The summed E-state index contributed by atoms with van der Waals surface area (Å²) in [7, 11) is 0. The van der Waals surface area contributed by atoms with Crippen molar-refractivity contribution in [3.05, 3.63) is 34.1 Å². The van der Waals surface area contributed by atoms with Gasteiger partial charge in [-0.2, -0.15) is 0 Å². The lowest BCUT2D eigenvalue weighted by molar-refractivity contribution is -0.126. The molecule has 1 aliphatic rings. The fourth-order valence-corrected chi connectivity index (χ4v) is 2.10. The third-order valence-corrected chi connectivity index (χ3v) is 3.95. The molecule has 0 aromatic heterocycles. The second kappa shape index (κ2) is 4.74. The standard InChI is InChI=1S/C12H14BrFN2O/c13-10-2-1-9(14)5-8(10)6-16-11(17)12(7-15)3-4-12/h1-2,5H,3-4,6-7,15H2,(H,16,17). The fourth-order valence-electron chi connectivity index (χ4n) is 1.72. The zero-order valence-corrected chi connectivity index (χ0v) is 10.9. The van der Waals surface area contributed by atoms with Gasteiger partial charge >= 0.3 is 0 Å². The number of hydrogen-bond acceptors (Lipinski definition) is 2. The molecule has 3 N–H and O–H groups in total. The predicted molar refractivity (Wildman–Crippen MR) is 66.7 cm³/mol. The summed E-state index contributed by atoms with van der Waals surface area (Å²) in [4.78, 5) is 11.8. The van der Waals surface area contributed by atoms with Crippen LogP contribution in [0.3, 0.4) is 0 Å². The molecule has 1 aromatic carbocycles. The molecule has 5 heteroatoms. The first kappa shape index (κ1) is 12.5. The van der Waals surface area contributed by atoms with E-state index in [1.807, 2.05) is 0 Å². The lowest BCUT2D eigenvalue weighted by Crippen LogP contribution is -2.36. The summed E-state index contributed by atoms with van der Waals surface area (Å²) in [6.45, 7) is 0.697. The predicted octanol–water partition coefficient (Wildman–Crippen LogP) is 1.94. The molecule has 3 nitrogen and oxygen atoms in total. The van der Waals surface area contributed by atoms with Crippen LogP contribution in [0.2, 0.25) is 0 Å². The molecule has 0 bridgehead atoms. The maximum absolute atomic E-state index is 13.0. The van der Waals surface area contributed by atoms with E-state index >= 15 is 0 Å². The zero-order chi connectivity index (χ0) is 12.5. The highest BCUT2D eigenvalue weighted by molar-refractivity contribution is 9.10. The molecule has 0 atom stereocenters. The summed E-state index contributed by atoms with van der Waals surface area (Å²) in [5, 5.41) is 2.81. The Hall–Kier alpha value is -0.940. The summed E-state index contributed by atoms with van der Waals surface area (Å²) >= 11 is 3.32. The highest BCUT2D eigenvalue weighted by Gasteiger charge is 2.48. The molecule has 1 saturated carbocycles. The summed E-state index contributed by atoms with van der Waals surface area (Å²) in [6.07, 6.45) is 1.69. The minimum Gasteiger partial charge on any atom is -0.351 e. The van der Waals surface area contributed by atoms with Crippen LogP contribution in [-0.4, -0.2) is 12.5 Å². The molecule has 92 valence electrons. The number of rotatable bonds is 4. The van der Waals surface area contributed by atoms with Crippen molar-refractivity contribution in [2.75, 3.05) is 6.54 Å². The van der Waals surface area contributed by atoms with E-state index in [0.29, 0.717) is 13.1 Å². The van der Waals surface area contributed by atoms with E-state index in [4.69, 9.17) is 5.73 Å². The first-order valence-electron chi connectivity index (χ1n) is 5.50. The largest absolute Gasteiger partial charge is 0.351 e. The number of hydrogen-bond donors (Lipinski definition) is 2. The number of nitrogens with two attached hydrogens (primary N) is 1. The van der Waals surface area contributed by atoms with Gasteiger partial charge in [-0.3, -0.25) is 4.79 Å². The summed E-state index contributed by atoms with van der Waals surface area (Å²) in [5.74, 6) is -0.339. The zero-order valence-electron chi connectivity index (χ0n) is 9.30. The molecule has 0 heterocycles. The van der Waals surface area contributed by atoms with Gasteiger partial charge in [0.15, 0.2) is 0 Å². The first-order valence-corrected chi connectivity index (χ1v) is 6.29. The number of halogens is 2. The number of benzene rings is 1. The van der Waals surface area contributed by atoms with Crippen molar-refractivity contribution in [3.8, 4) is 0 Å². The van der Waals surface area contributed by atoms with Crippen LogP contribution in [0.25, 0.3) is 0 Å². The van der Waals surface area contributed by atoms with Crippen LogP contribution in [0.4, 0.5) is 4.39 Å². The van der Waals surface area contributed by atoms with Crippen LogP contribution >= 0.6 is 15.9 Å². The Morgan fingerprint density at radius 3 is 2.82 bits per heavy atom. The lowest BCUT2D eigenvalue weighted by atomic mass is 10.1. The second-order valence-corrected chi connectivity index (χ2v) is 5.26. The van der Waals surface area contributed by atoms with Crippen LogP contribution in [-0.2, 0) is 11.3 Å². The minimum atomic E-state index is -0.361. The topological polar surface area (TPSA) is 55.1 Å². The van der Waals surface area contributed by atoms with Crippen LogP contribution in [0, 0.1) is 11.2 Å². The Labute approximate surface area is 108 Å². The first-order chi connectivity index (χ1) is 8.07. The van der Waals surface area contributed by atoms with Crippen molar-refractivity contribution in [3.63, 3.8) is 0 Å². The summed E-state index contributed by atoms with van der Waals surface area (Å²) < 4.78 is 13.8. The van der Waals surface area contributed by atoms with Crippen molar-refractivity contribution < 1.29 is 9.18 Å². The van der Waals surface area contributed by atoms with Crippen LogP contribution in [0.1, 0.15) is 18.4 Å². The number of carbonyl (C=O) groups excluding carboxylic acids is 1. The van der Waals surface area contributed by atoms with Crippen molar-refractivity contribution in [2.24, 2.45) is 11.1 Å². The molecule has 2 rings (SSSR count). The highest BCUT2D eigenvalue weighted by atomic mass is 79.9. The van der Waals surface area contributed by atoms with Crippen molar-refractivity contribution in [2.45, 2.75) is 19.4 Å². The third-order valence-electron chi connectivity index (χ3n) is 3.17. The molecule has 1 aliphatic carbocycles. The van der Waals surface area contributed by atoms with Crippen LogP contribution in [0.15, 0.2) is 22.7 Å². The quantitative estimate of drug-likeness (QED) is 0.893. The van der Waals surface area contributed by atoms with Gasteiger partial charge in [0.05, 0.1) is 5.41 Å². The van der Waals surface area contributed by atoms with Gasteiger partial charge in [0.2, 0.25) is 5.91 Å². The fraction of sp³-hybridized carbons (Fsp3) is 0.417. The van der Waals surface area contributed by atoms with E-state index in [1.54, 1.807) is 6.07 Å². The van der Waals surface area contributed by atoms with E-state index in [2.05, 4.69) is 21.2 Å². The molecule has 1 fully saturated rings. The Morgan fingerprint density at radius 2 is 2.24 bits per heavy atom. The molecule has 0 aliphatic heterocycles. The maximum atomic E-state index is 13.0. The molecule has 1 aromatic rings.